The molecule has 11 amide bonds. The van der Waals surface area contributed by atoms with Crippen molar-refractivity contribution in [2.75, 3.05) is 61.4 Å². The highest BCUT2D eigenvalue weighted by atomic mass is 35.5. The van der Waals surface area contributed by atoms with E-state index < -0.39 is 173 Å². The van der Waals surface area contributed by atoms with Gasteiger partial charge in [-0.15, -0.1) is 0 Å². The van der Waals surface area contributed by atoms with E-state index in [9.17, 15) is 69.5 Å². The third kappa shape index (κ3) is 17.9. The molecule has 2 aromatic rings. The molecule has 0 aromatic heterocycles. The van der Waals surface area contributed by atoms with E-state index in [1.807, 2.05) is 0 Å². The van der Waals surface area contributed by atoms with Gasteiger partial charge in [0.05, 0.1) is 29.2 Å². The van der Waals surface area contributed by atoms with Gasteiger partial charge in [-0.1, -0.05) is 75.8 Å². The quantitative estimate of drug-likeness (QED) is 0.240. The molecule has 95 heavy (non-hydrogen) atoms. The summed E-state index contributed by atoms with van der Waals surface area (Å²) in [5, 5.41) is 10.7. The molecule has 1 spiro atoms. The molecule has 29 heteroatoms. The standard InChI is InChI=1S/C66H90ClF6N11O11/c1-10-38(2)54-62(94)79(6)37-53(87)83-31-16-20-49(83)61(93)81(8)50(35-42-21-25-44(26-22-42)65(68,69)70)60(92)78(5)36-51(85)75-47(28-24-41-23-27-45(46(67)34-41)66(71,72)73)59(91)84-32-15-19-48(84)57(89)77-64(29-13-14-30-64)63(95)82(9)55(43-17-11-12-18-43)58(90)74-39(3)33-52(86)80(7)40(4)56(88)76-54/h21-23,25-27,34,38-40,43,47-50,54-55H,10-20,24,28-33,35-37H2,1-9H3,(H,74,90)(H,75,85)(H,76,88)(H,77,89)/t38-,39+,40-,47-,48-,49-,50-,54-,55-/m0/s1. The number of alkyl halides is 6. The summed E-state index contributed by atoms with van der Waals surface area (Å²) in [6, 6.07) is -2.84. The molecule has 524 valence electrons. The van der Waals surface area contributed by atoms with E-state index in [0.717, 1.165) is 70.0 Å². The molecule has 4 N–H and O–H groups in total. The number of aryl methyl sites for hydroxylation is 1. The van der Waals surface area contributed by atoms with Crippen LogP contribution in [0.3, 0.4) is 0 Å². The minimum Gasteiger partial charge on any atom is -0.351 e. The van der Waals surface area contributed by atoms with Crippen LogP contribution in [0.15, 0.2) is 42.5 Å². The molecular formula is C66H90ClF6N11O11. The Bertz CT molecular complexity index is 3180. The molecule has 0 radical (unpaired) electrons. The smallest absolute Gasteiger partial charge is 0.351 e. The second-order valence-corrected chi connectivity index (χ2v) is 26.9. The van der Waals surface area contributed by atoms with Crippen molar-refractivity contribution in [2.45, 2.75) is 203 Å². The zero-order valence-electron chi connectivity index (χ0n) is 55.4. The topological polar surface area (TPSA) is 259 Å². The van der Waals surface area contributed by atoms with Gasteiger partial charge in [0.25, 0.3) is 0 Å². The zero-order chi connectivity index (χ0) is 70.2. The van der Waals surface area contributed by atoms with E-state index in [1.165, 1.54) is 61.8 Å². The Kier molecular flexibility index (Phi) is 24.9. The number of nitrogens with zero attached hydrogens (tertiary/aromatic N) is 7. The lowest BCUT2D eigenvalue weighted by Gasteiger charge is -2.40. The third-order valence-corrected chi connectivity index (χ3v) is 20.1. The number of carbonyl (C=O) groups is 11. The lowest BCUT2D eigenvalue weighted by atomic mass is 9.90. The molecule has 3 heterocycles. The Hall–Kier alpha value is -7.52. The maximum absolute atomic E-state index is 15.2. The fraction of sp³-hybridized carbons (Fsp3) is 0.652. The highest BCUT2D eigenvalue weighted by Crippen LogP contribution is 2.38. The summed E-state index contributed by atoms with van der Waals surface area (Å²) in [5.41, 5.74) is -3.23. The van der Waals surface area contributed by atoms with Crippen LogP contribution >= 0.6 is 11.6 Å². The van der Waals surface area contributed by atoms with Crippen molar-refractivity contribution in [3.63, 3.8) is 0 Å². The fourth-order valence-electron chi connectivity index (χ4n) is 13.8. The van der Waals surface area contributed by atoms with E-state index in [1.54, 1.807) is 20.8 Å². The van der Waals surface area contributed by atoms with Gasteiger partial charge in [-0.3, -0.25) is 52.7 Å². The number of benzene rings is 2. The maximum Gasteiger partial charge on any atom is 0.417 e. The zero-order valence-corrected chi connectivity index (χ0v) is 56.2. The minimum absolute atomic E-state index is 0.00924. The molecular weight excluding hydrogens is 1270 g/mol. The molecule has 0 bridgehead atoms. The summed E-state index contributed by atoms with van der Waals surface area (Å²) in [6.07, 6.45) is -5.27. The fourth-order valence-corrected chi connectivity index (χ4v) is 14.1. The van der Waals surface area contributed by atoms with Crippen LogP contribution in [0.5, 0.6) is 0 Å². The normalized spacial score (nSPS) is 26.8. The third-order valence-electron chi connectivity index (χ3n) is 19.8. The summed E-state index contributed by atoms with van der Waals surface area (Å²) in [6.45, 7) is 5.25. The first kappa shape index (κ1) is 74.9. The van der Waals surface area contributed by atoms with Gasteiger partial charge in [0.15, 0.2) is 0 Å². The van der Waals surface area contributed by atoms with Crippen LogP contribution in [0.4, 0.5) is 26.3 Å². The van der Waals surface area contributed by atoms with Crippen molar-refractivity contribution >= 4 is 76.6 Å². The van der Waals surface area contributed by atoms with E-state index in [4.69, 9.17) is 11.6 Å². The first-order valence-corrected chi connectivity index (χ1v) is 33.1. The Balaban J connectivity index is 1.25. The number of rotatable bonds is 8. The van der Waals surface area contributed by atoms with Crippen molar-refractivity contribution in [1.29, 1.82) is 0 Å². The summed E-state index contributed by atoms with van der Waals surface area (Å²) in [5.74, 6) is -8.55. The summed E-state index contributed by atoms with van der Waals surface area (Å²) >= 11 is 6.10. The van der Waals surface area contributed by atoms with Gasteiger partial charge in [-0.25, -0.2) is 0 Å². The Labute approximate surface area is 555 Å². The van der Waals surface area contributed by atoms with Crippen LogP contribution in [-0.2, 0) is 77.9 Å². The van der Waals surface area contributed by atoms with Crippen LogP contribution in [0.1, 0.15) is 146 Å². The van der Waals surface area contributed by atoms with Crippen molar-refractivity contribution in [2.24, 2.45) is 11.8 Å². The van der Waals surface area contributed by atoms with Crippen LogP contribution in [-0.4, -0.2) is 215 Å². The predicted octanol–water partition coefficient (Wildman–Crippen LogP) is 5.50. The number of likely N-dealkylation sites (N-methyl/N-ethyl adjacent to an activating group) is 5. The predicted molar refractivity (Wildman–Crippen MR) is 337 cm³/mol. The number of hydrogen-bond donors (Lipinski definition) is 4. The van der Waals surface area contributed by atoms with Crippen LogP contribution in [0.2, 0.25) is 5.02 Å². The van der Waals surface area contributed by atoms with Crippen LogP contribution in [0.25, 0.3) is 0 Å². The van der Waals surface area contributed by atoms with Gasteiger partial charge in [0, 0.05) is 67.2 Å². The van der Waals surface area contributed by atoms with Gasteiger partial charge in [-0.05, 0) is 125 Å². The highest BCUT2D eigenvalue weighted by Gasteiger charge is 2.51. The number of amides is 11. The molecule has 2 saturated carbocycles. The van der Waals surface area contributed by atoms with E-state index in [0.29, 0.717) is 44.9 Å². The van der Waals surface area contributed by atoms with E-state index in [2.05, 4.69) is 21.3 Å². The maximum atomic E-state index is 15.2. The highest BCUT2D eigenvalue weighted by molar-refractivity contribution is 6.31. The number of halogens is 7. The SMILES string of the molecule is CC[C@H](C)[C@@H]1NC(=O)[C@H](C)N(C)C(=O)C[C@@H](C)NC(=O)[C@H](C2CCCC2)N(C)C(=O)C2(CCCC2)NC(=O)[C@@H]2CCCN2C(=O)[C@H](CCc2ccc(C(F)(F)F)c(Cl)c2)NC(=O)CN(C)C(=O)[C@H](Cc2ccc(C(F)(F)F)cc2)N(C)C(=O)[C@@H]2CCCN2C(=O)CN(C)C1=O. The van der Waals surface area contributed by atoms with Crippen molar-refractivity contribution in [3.05, 3.63) is 69.7 Å². The first-order chi connectivity index (χ1) is 44.6. The van der Waals surface area contributed by atoms with Crippen LogP contribution < -0.4 is 21.3 Å². The number of fused-ring (bicyclic) bond motifs is 2. The largest absolute Gasteiger partial charge is 0.417 e. The van der Waals surface area contributed by atoms with E-state index >= 15 is 9.59 Å². The second-order valence-electron chi connectivity index (χ2n) is 26.5. The molecule has 7 rings (SSSR count). The number of nitrogens with one attached hydrogen (secondary N) is 4. The molecule has 22 nitrogen and oxygen atoms in total. The summed E-state index contributed by atoms with van der Waals surface area (Å²) in [4.78, 5) is 169. The Morgan fingerprint density at radius 2 is 1.21 bits per heavy atom. The van der Waals surface area contributed by atoms with Gasteiger partial charge < -0.3 is 55.6 Å². The molecule has 9 atom stereocenters. The van der Waals surface area contributed by atoms with Gasteiger partial charge in [0.1, 0.15) is 47.8 Å². The van der Waals surface area contributed by atoms with Crippen LogP contribution in [0, 0.1) is 11.8 Å². The molecule has 3 saturated heterocycles. The lowest BCUT2D eigenvalue weighted by molar-refractivity contribution is -0.151. The number of carbonyl (C=O) groups excluding carboxylic acids is 11. The number of hydrogen-bond acceptors (Lipinski definition) is 11. The molecule has 5 fully saturated rings. The summed E-state index contributed by atoms with van der Waals surface area (Å²) < 4.78 is 82.8. The van der Waals surface area contributed by atoms with Gasteiger partial charge >= 0.3 is 12.4 Å². The van der Waals surface area contributed by atoms with Gasteiger partial charge in [-0.2, -0.15) is 26.3 Å². The molecule has 2 aliphatic carbocycles. The van der Waals surface area contributed by atoms with Crippen molar-refractivity contribution in [3.8, 4) is 0 Å². The molecule has 3 aliphatic heterocycles. The minimum atomic E-state index is -4.79. The van der Waals surface area contributed by atoms with Crippen molar-refractivity contribution < 1.29 is 79.1 Å². The van der Waals surface area contributed by atoms with E-state index in [-0.39, 0.29) is 75.1 Å². The average Bonchev–Trinajstić information content (AvgIpc) is 1.76. The second kappa shape index (κ2) is 31.6. The average molecular weight is 1360 g/mol. The van der Waals surface area contributed by atoms with Gasteiger partial charge in [0.2, 0.25) is 65.0 Å². The monoisotopic (exact) mass is 1360 g/mol. The Morgan fingerprint density at radius 1 is 0.611 bits per heavy atom. The first-order valence-electron chi connectivity index (χ1n) is 32.7. The molecule has 5 aliphatic rings. The lowest BCUT2D eigenvalue weighted by Crippen LogP contribution is -2.64. The summed E-state index contributed by atoms with van der Waals surface area (Å²) in [7, 11) is 6.72. The Morgan fingerprint density at radius 3 is 1.81 bits per heavy atom. The molecule has 2 aromatic carbocycles. The molecule has 0 unspecified atom stereocenters. The van der Waals surface area contributed by atoms with Crippen molar-refractivity contribution in [1.82, 2.24) is 55.6 Å².